The summed E-state index contributed by atoms with van der Waals surface area (Å²) in [5.74, 6) is 0.840. The molecule has 1 heterocycles. The Balaban J connectivity index is 2.20. The zero-order chi connectivity index (χ0) is 9.26. The van der Waals surface area contributed by atoms with Crippen molar-refractivity contribution in [3.05, 3.63) is 29.8 Å². The molecule has 2 nitrogen and oxygen atoms in total. The highest BCUT2D eigenvalue weighted by atomic mass is 79.9. The first-order chi connectivity index (χ1) is 6.27. The second-order valence-corrected chi connectivity index (χ2v) is 4.65. The van der Waals surface area contributed by atoms with Crippen LogP contribution in [-0.4, -0.2) is 10.9 Å². The van der Waals surface area contributed by atoms with Crippen molar-refractivity contribution in [1.82, 2.24) is 0 Å². The lowest BCUT2D eigenvalue weighted by atomic mass is 10.0. The molecule has 1 aliphatic heterocycles. The van der Waals surface area contributed by atoms with Crippen LogP contribution in [0.1, 0.15) is 12.5 Å². The number of hydrogen-bond donors (Lipinski definition) is 0. The molecule has 1 aliphatic rings. The topological polar surface area (TPSA) is 18.5 Å². The monoisotopic (exact) mass is 242 g/mol. The number of hydrogen-bond acceptors (Lipinski definition) is 2. The average molecular weight is 243 g/mol. The molecule has 0 saturated carbocycles. The quantitative estimate of drug-likeness (QED) is 0.557. The summed E-state index contributed by atoms with van der Waals surface area (Å²) >= 11 is 3.48. The number of alkyl halides is 1. The number of benzene rings is 1. The molecule has 1 aromatic rings. The van der Waals surface area contributed by atoms with Crippen LogP contribution in [0.25, 0.3) is 0 Å². The van der Waals surface area contributed by atoms with E-state index >= 15 is 0 Å². The molecule has 0 aromatic heterocycles. The number of rotatable bonds is 1. The Hall–Kier alpha value is -0.540. The van der Waals surface area contributed by atoms with Gasteiger partial charge in [-0.1, -0.05) is 34.1 Å². The van der Waals surface area contributed by atoms with Crippen molar-refractivity contribution >= 4 is 15.9 Å². The zero-order valence-electron chi connectivity index (χ0n) is 7.37. The third kappa shape index (κ3) is 1.86. The van der Waals surface area contributed by atoms with Crippen molar-refractivity contribution in [2.45, 2.75) is 24.3 Å². The fraction of sp³-hybridized carbons (Fsp3) is 0.400. The fourth-order valence-corrected chi connectivity index (χ4v) is 1.63. The van der Waals surface area contributed by atoms with E-state index in [1.807, 2.05) is 18.2 Å². The van der Waals surface area contributed by atoms with Crippen molar-refractivity contribution in [3.63, 3.8) is 0 Å². The van der Waals surface area contributed by atoms with E-state index in [9.17, 15) is 0 Å². The van der Waals surface area contributed by atoms with Crippen LogP contribution in [0.4, 0.5) is 0 Å². The first kappa shape index (κ1) is 9.03. The van der Waals surface area contributed by atoms with Crippen LogP contribution in [0, 0.1) is 0 Å². The second-order valence-electron chi connectivity index (χ2n) is 3.21. The first-order valence-electron chi connectivity index (χ1n) is 4.32. The lowest BCUT2D eigenvalue weighted by Crippen LogP contribution is -2.29. The van der Waals surface area contributed by atoms with Crippen LogP contribution in [0.3, 0.4) is 0 Å². The summed E-state index contributed by atoms with van der Waals surface area (Å²) in [6, 6.07) is 7.95. The van der Waals surface area contributed by atoms with Gasteiger partial charge >= 0.3 is 0 Å². The van der Waals surface area contributed by atoms with Gasteiger partial charge in [0.15, 0.2) is 5.75 Å². The number of fused-ring (bicyclic) bond motifs is 1. The van der Waals surface area contributed by atoms with Crippen molar-refractivity contribution in [3.8, 4) is 5.75 Å². The maximum atomic E-state index is 5.22. The molecular weight excluding hydrogens is 232 g/mol. The van der Waals surface area contributed by atoms with Gasteiger partial charge in [-0.25, -0.2) is 0 Å². The Kier molecular flexibility index (Phi) is 2.56. The smallest absolute Gasteiger partial charge is 0.168 e. The van der Waals surface area contributed by atoms with Crippen molar-refractivity contribution < 1.29 is 9.78 Å². The van der Waals surface area contributed by atoms with E-state index in [-0.39, 0.29) is 6.10 Å². The van der Waals surface area contributed by atoms with Gasteiger partial charge in [0.1, 0.15) is 6.10 Å². The molecule has 2 atom stereocenters. The minimum Gasteiger partial charge on any atom is -0.337 e. The lowest BCUT2D eigenvalue weighted by molar-refractivity contribution is -0.252. The first-order valence-corrected chi connectivity index (χ1v) is 5.24. The van der Waals surface area contributed by atoms with Crippen LogP contribution < -0.4 is 4.89 Å². The molecule has 0 radical (unpaired) electrons. The van der Waals surface area contributed by atoms with E-state index in [0.717, 1.165) is 12.2 Å². The van der Waals surface area contributed by atoms with Gasteiger partial charge in [0.25, 0.3) is 0 Å². The Morgan fingerprint density at radius 3 is 3.00 bits per heavy atom. The van der Waals surface area contributed by atoms with Gasteiger partial charge < -0.3 is 4.89 Å². The molecule has 0 spiro atoms. The van der Waals surface area contributed by atoms with Gasteiger partial charge in [-0.3, -0.25) is 0 Å². The fourth-order valence-electron chi connectivity index (χ4n) is 1.36. The molecule has 1 aromatic carbocycles. The number of para-hydroxylation sites is 1. The van der Waals surface area contributed by atoms with Crippen molar-refractivity contribution in [2.75, 3.05) is 0 Å². The molecule has 0 N–H and O–H groups in total. The van der Waals surface area contributed by atoms with Gasteiger partial charge in [0.2, 0.25) is 0 Å². The Morgan fingerprint density at radius 2 is 2.23 bits per heavy atom. The van der Waals surface area contributed by atoms with Crippen molar-refractivity contribution in [1.29, 1.82) is 0 Å². The Labute approximate surface area is 85.9 Å². The average Bonchev–Trinajstić information content (AvgIpc) is 2.17. The van der Waals surface area contributed by atoms with E-state index < -0.39 is 0 Å². The molecule has 0 aliphatic carbocycles. The Morgan fingerprint density at radius 1 is 1.46 bits per heavy atom. The molecule has 70 valence electrons. The predicted molar refractivity (Wildman–Crippen MR) is 54.0 cm³/mol. The molecule has 2 rings (SSSR count). The van der Waals surface area contributed by atoms with Gasteiger partial charge in [-0.2, -0.15) is 4.89 Å². The van der Waals surface area contributed by atoms with E-state index in [4.69, 9.17) is 9.78 Å². The standard InChI is InChI=1S/C10H11BrO2/c1-7(11)10-6-8-4-2-3-5-9(8)12-13-10/h2-5,7,10H,6H2,1H3. The Bertz CT molecular complexity index is 299. The summed E-state index contributed by atoms with van der Waals surface area (Å²) in [5, 5.41) is 0. The summed E-state index contributed by atoms with van der Waals surface area (Å²) in [4.78, 5) is 10.7. The molecule has 0 fully saturated rings. The highest BCUT2D eigenvalue weighted by molar-refractivity contribution is 9.09. The van der Waals surface area contributed by atoms with Gasteiger partial charge in [0.05, 0.1) is 0 Å². The van der Waals surface area contributed by atoms with Crippen LogP contribution in [0.2, 0.25) is 0 Å². The van der Waals surface area contributed by atoms with Crippen LogP contribution >= 0.6 is 15.9 Å². The third-order valence-electron chi connectivity index (χ3n) is 2.17. The summed E-state index contributed by atoms with van der Waals surface area (Å²) in [6.45, 7) is 2.06. The predicted octanol–water partition coefficient (Wildman–Crippen LogP) is 2.71. The van der Waals surface area contributed by atoms with Crippen LogP contribution in [-0.2, 0) is 11.3 Å². The zero-order valence-corrected chi connectivity index (χ0v) is 8.95. The SMILES string of the molecule is CC(Br)C1Cc2ccccc2OO1. The lowest BCUT2D eigenvalue weighted by Gasteiger charge is -2.25. The maximum absolute atomic E-state index is 5.22. The normalized spacial score (nSPS) is 23.1. The molecule has 13 heavy (non-hydrogen) atoms. The van der Waals surface area contributed by atoms with E-state index in [2.05, 4.69) is 28.9 Å². The molecule has 3 heteroatoms. The highest BCUT2D eigenvalue weighted by Gasteiger charge is 2.24. The minimum absolute atomic E-state index is 0.106. The highest BCUT2D eigenvalue weighted by Crippen LogP contribution is 2.28. The number of halogens is 1. The van der Waals surface area contributed by atoms with Crippen LogP contribution in [0.15, 0.2) is 24.3 Å². The summed E-state index contributed by atoms with van der Waals surface area (Å²) in [5.41, 5.74) is 1.21. The minimum atomic E-state index is 0.106. The second kappa shape index (κ2) is 3.68. The van der Waals surface area contributed by atoms with Crippen LogP contribution in [0.5, 0.6) is 5.75 Å². The summed E-state index contributed by atoms with van der Waals surface area (Å²) in [6.07, 6.45) is 1.01. The van der Waals surface area contributed by atoms with Crippen molar-refractivity contribution in [2.24, 2.45) is 0 Å². The summed E-state index contributed by atoms with van der Waals surface area (Å²) < 4.78 is 0. The maximum Gasteiger partial charge on any atom is 0.168 e. The van der Waals surface area contributed by atoms with Gasteiger partial charge in [-0.05, 0) is 13.0 Å². The largest absolute Gasteiger partial charge is 0.337 e. The summed E-state index contributed by atoms with van der Waals surface area (Å²) in [7, 11) is 0. The molecule has 0 amide bonds. The van der Waals surface area contributed by atoms with E-state index in [1.54, 1.807) is 0 Å². The molecule has 0 bridgehead atoms. The third-order valence-corrected chi connectivity index (χ3v) is 2.76. The molecule has 2 unspecified atom stereocenters. The molecule has 0 saturated heterocycles. The van der Waals surface area contributed by atoms with E-state index in [0.29, 0.717) is 4.83 Å². The van der Waals surface area contributed by atoms with E-state index in [1.165, 1.54) is 5.56 Å². The van der Waals surface area contributed by atoms with Gasteiger partial charge in [-0.15, -0.1) is 0 Å². The van der Waals surface area contributed by atoms with Gasteiger partial charge in [0, 0.05) is 16.8 Å². The molecular formula is C10H11BrO2.